The number of piperazine rings is 1. The molecule has 27 heavy (non-hydrogen) atoms. The van der Waals surface area contributed by atoms with Gasteiger partial charge in [0.2, 0.25) is 17.7 Å². The predicted molar refractivity (Wildman–Crippen MR) is 95.7 cm³/mol. The van der Waals surface area contributed by atoms with Crippen LogP contribution < -0.4 is 10.6 Å². The summed E-state index contributed by atoms with van der Waals surface area (Å²) in [5, 5.41) is 9.50. The molecule has 1 atom stereocenters. The minimum absolute atomic E-state index is 0.0952. The number of rotatable bonds is 8. The molecule has 9 heteroatoms. The van der Waals surface area contributed by atoms with Gasteiger partial charge in [-0.1, -0.05) is 12.1 Å². The SMILES string of the molecule is CCc1nc(CCNC(=O)CC2C(=O)NCCN2Cc2ccc(C)o2)no1. The highest BCUT2D eigenvalue weighted by molar-refractivity contribution is 5.88. The van der Waals surface area contributed by atoms with Crippen LogP contribution in [0.25, 0.3) is 0 Å². The molecule has 2 aromatic heterocycles. The summed E-state index contributed by atoms with van der Waals surface area (Å²) in [5.74, 6) is 2.45. The van der Waals surface area contributed by atoms with Crippen molar-refractivity contribution in [2.24, 2.45) is 0 Å². The molecule has 146 valence electrons. The number of amides is 2. The largest absolute Gasteiger partial charge is 0.465 e. The van der Waals surface area contributed by atoms with Crippen molar-refractivity contribution in [1.82, 2.24) is 25.7 Å². The summed E-state index contributed by atoms with van der Waals surface area (Å²) in [7, 11) is 0. The van der Waals surface area contributed by atoms with E-state index in [0.29, 0.717) is 50.7 Å². The fourth-order valence-corrected chi connectivity index (χ4v) is 3.04. The third kappa shape index (κ3) is 5.16. The fourth-order valence-electron chi connectivity index (χ4n) is 3.04. The van der Waals surface area contributed by atoms with Crippen LogP contribution in [0.2, 0.25) is 0 Å². The lowest BCUT2D eigenvalue weighted by atomic mass is 10.1. The molecule has 2 aromatic rings. The molecule has 0 aliphatic carbocycles. The number of carbonyl (C=O) groups excluding carboxylic acids is 2. The van der Waals surface area contributed by atoms with Crippen LogP contribution in [0.3, 0.4) is 0 Å². The molecule has 1 saturated heterocycles. The van der Waals surface area contributed by atoms with Crippen LogP contribution in [-0.2, 0) is 29.0 Å². The van der Waals surface area contributed by atoms with E-state index in [1.165, 1.54) is 0 Å². The van der Waals surface area contributed by atoms with Crippen LogP contribution in [0, 0.1) is 6.92 Å². The Bertz CT molecular complexity index is 784. The maximum absolute atomic E-state index is 12.3. The smallest absolute Gasteiger partial charge is 0.237 e. The van der Waals surface area contributed by atoms with E-state index in [0.717, 1.165) is 11.5 Å². The highest BCUT2D eigenvalue weighted by atomic mass is 16.5. The van der Waals surface area contributed by atoms with Crippen molar-refractivity contribution >= 4 is 11.8 Å². The first-order valence-corrected chi connectivity index (χ1v) is 9.20. The van der Waals surface area contributed by atoms with E-state index in [2.05, 4.69) is 20.8 Å². The van der Waals surface area contributed by atoms with Gasteiger partial charge >= 0.3 is 0 Å². The summed E-state index contributed by atoms with van der Waals surface area (Å²) < 4.78 is 10.6. The zero-order chi connectivity index (χ0) is 19.2. The Kier molecular flexibility index (Phi) is 6.23. The molecule has 0 bridgehead atoms. The van der Waals surface area contributed by atoms with Gasteiger partial charge in [-0.2, -0.15) is 4.98 Å². The standard InChI is InChI=1S/C18H25N5O4/c1-3-17-21-15(22-27-17)6-7-19-16(24)10-14-18(25)20-8-9-23(14)11-13-5-4-12(2)26-13/h4-5,14H,3,6-11H2,1-2H3,(H,19,24)(H,20,25). The van der Waals surface area contributed by atoms with Crippen LogP contribution in [0.4, 0.5) is 0 Å². The normalized spacial score (nSPS) is 17.7. The lowest BCUT2D eigenvalue weighted by Gasteiger charge is -2.34. The molecule has 0 radical (unpaired) electrons. The van der Waals surface area contributed by atoms with Crippen LogP contribution in [0.5, 0.6) is 0 Å². The monoisotopic (exact) mass is 375 g/mol. The summed E-state index contributed by atoms with van der Waals surface area (Å²) in [4.78, 5) is 30.8. The van der Waals surface area contributed by atoms with Crippen molar-refractivity contribution in [1.29, 1.82) is 0 Å². The van der Waals surface area contributed by atoms with Gasteiger partial charge in [0.1, 0.15) is 11.5 Å². The lowest BCUT2D eigenvalue weighted by Crippen LogP contribution is -2.56. The van der Waals surface area contributed by atoms with Gasteiger partial charge < -0.3 is 19.6 Å². The molecule has 3 heterocycles. The molecule has 3 rings (SSSR count). The molecule has 9 nitrogen and oxygen atoms in total. The van der Waals surface area contributed by atoms with Crippen molar-refractivity contribution in [2.45, 2.75) is 45.7 Å². The van der Waals surface area contributed by atoms with Gasteiger partial charge in [0.25, 0.3) is 0 Å². The first kappa shape index (κ1) is 19.1. The van der Waals surface area contributed by atoms with Crippen molar-refractivity contribution in [2.75, 3.05) is 19.6 Å². The first-order chi connectivity index (χ1) is 13.0. The quantitative estimate of drug-likeness (QED) is 0.694. The van der Waals surface area contributed by atoms with Crippen LogP contribution in [-0.4, -0.2) is 52.5 Å². The van der Waals surface area contributed by atoms with Crippen LogP contribution in [0.15, 0.2) is 21.1 Å². The van der Waals surface area contributed by atoms with Gasteiger partial charge in [-0.3, -0.25) is 14.5 Å². The van der Waals surface area contributed by atoms with E-state index in [-0.39, 0.29) is 18.2 Å². The molecule has 2 amide bonds. The molecule has 0 spiro atoms. The second kappa shape index (κ2) is 8.81. The topological polar surface area (TPSA) is 114 Å². The Balaban J connectivity index is 1.50. The zero-order valence-corrected chi connectivity index (χ0v) is 15.7. The van der Waals surface area contributed by atoms with Gasteiger partial charge in [-0.05, 0) is 19.1 Å². The molecule has 1 aliphatic heterocycles. The second-order valence-corrected chi connectivity index (χ2v) is 6.55. The van der Waals surface area contributed by atoms with E-state index in [9.17, 15) is 9.59 Å². The third-order valence-corrected chi connectivity index (χ3v) is 4.46. The van der Waals surface area contributed by atoms with Crippen LogP contribution in [0.1, 0.15) is 36.6 Å². The number of aromatic nitrogens is 2. The lowest BCUT2D eigenvalue weighted by molar-refractivity contribution is -0.134. The van der Waals surface area contributed by atoms with Crippen LogP contribution >= 0.6 is 0 Å². The number of hydrogen-bond donors (Lipinski definition) is 2. The number of nitrogens with one attached hydrogen (secondary N) is 2. The van der Waals surface area contributed by atoms with Crippen molar-refractivity contribution in [3.63, 3.8) is 0 Å². The summed E-state index contributed by atoms with van der Waals surface area (Å²) in [6, 6.07) is 3.28. The molecular weight excluding hydrogens is 350 g/mol. The molecule has 2 N–H and O–H groups in total. The number of furan rings is 1. The minimum Gasteiger partial charge on any atom is -0.465 e. The van der Waals surface area contributed by atoms with Crippen molar-refractivity contribution in [3.8, 4) is 0 Å². The van der Waals surface area contributed by atoms with Gasteiger partial charge in [0.15, 0.2) is 5.82 Å². The Morgan fingerprint density at radius 2 is 2.30 bits per heavy atom. The number of hydrogen-bond acceptors (Lipinski definition) is 7. The van der Waals surface area contributed by atoms with Gasteiger partial charge in [0.05, 0.1) is 19.0 Å². The Labute approximate surface area is 157 Å². The third-order valence-electron chi connectivity index (χ3n) is 4.46. The zero-order valence-electron chi connectivity index (χ0n) is 15.7. The fraction of sp³-hybridized carbons (Fsp3) is 0.556. The van der Waals surface area contributed by atoms with E-state index in [1.54, 1.807) is 0 Å². The molecule has 0 aromatic carbocycles. The number of nitrogens with zero attached hydrogens (tertiary/aromatic N) is 3. The Morgan fingerprint density at radius 3 is 3.00 bits per heavy atom. The van der Waals surface area contributed by atoms with Crippen molar-refractivity contribution in [3.05, 3.63) is 35.4 Å². The van der Waals surface area contributed by atoms with E-state index < -0.39 is 6.04 Å². The maximum atomic E-state index is 12.3. The van der Waals surface area contributed by atoms with Gasteiger partial charge in [-0.25, -0.2) is 0 Å². The number of aryl methyl sites for hydroxylation is 2. The summed E-state index contributed by atoms with van der Waals surface area (Å²) >= 11 is 0. The highest BCUT2D eigenvalue weighted by Gasteiger charge is 2.32. The minimum atomic E-state index is -0.513. The van der Waals surface area contributed by atoms with E-state index in [4.69, 9.17) is 8.94 Å². The molecule has 1 aliphatic rings. The average molecular weight is 375 g/mol. The second-order valence-electron chi connectivity index (χ2n) is 6.55. The Hall–Kier alpha value is -2.68. The average Bonchev–Trinajstić information content (AvgIpc) is 3.27. The van der Waals surface area contributed by atoms with Gasteiger partial charge in [-0.15, -0.1) is 0 Å². The summed E-state index contributed by atoms with van der Waals surface area (Å²) in [5.41, 5.74) is 0. The predicted octanol–water partition coefficient (Wildman–Crippen LogP) is 0.583. The number of carbonyl (C=O) groups is 2. The van der Waals surface area contributed by atoms with E-state index >= 15 is 0 Å². The molecule has 1 unspecified atom stereocenters. The molecular formula is C18H25N5O4. The van der Waals surface area contributed by atoms with E-state index in [1.807, 2.05) is 30.9 Å². The van der Waals surface area contributed by atoms with Gasteiger partial charge in [0, 0.05) is 32.5 Å². The highest BCUT2D eigenvalue weighted by Crippen LogP contribution is 2.15. The summed E-state index contributed by atoms with van der Waals surface area (Å²) in [6.45, 7) is 5.95. The molecule has 0 saturated carbocycles. The summed E-state index contributed by atoms with van der Waals surface area (Å²) in [6.07, 6.45) is 1.26. The first-order valence-electron chi connectivity index (χ1n) is 9.20. The van der Waals surface area contributed by atoms with Crippen molar-refractivity contribution < 1.29 is 18.5 Å². The Morgan fingerprint density at radius 1 is 1.44 bits per heavy atom. The maximum Gasteiger partial charge on any atom is 0.237 e. The molecule has 1 fully saturated rings.